The lowest BCUT2D eigenvalue weighted by Crippen LogP contribution is -2.26. The van der Waals surface area contributed by atoms with Gasteiger partial charge in [-0.05, 0) is 37.2 Å². The first-order valence-electron chi connectivity index (χ1n) is 8.33. The molecule has 0 aromatic carbocycles. The van der Waals surface area contributed by atoms with E-state index in [2.05, 4.69) is 29.1 Å². The van der Waals surface area contributed by atoms with Crippen molar-refractivity contribution in [3.05, 3.63) is 16.8 Å². The van der Waals surface area contributed by atoms with Crippen molar-refractivity contribution < 1.29 is 4.79 Å². The third kappa shape index (κ3) is 3.86. The van der Waals surface area contributed by atoms with Crippen molar-refractivity contribution >= 4 is 39.2 Å². The molecule has 0 saturated heterocycles. The van der Waals surface area contributed by atoms with Crippen LogP contribution in [-0.2, 0) is 17.6 Å². The van der Waals surface area contributed by atoms with Crippen molar-refractivity contribution in [3.8, 4) is 0 Å². The molecule has 0 spiro atoms. The van der Waals surface area contributed by atoms with E-state index in [1.54, 1.807) is 17.7 Å². The third-order valence-electron chi connectivity index (χ3n) is 4.25. The van der Waals surface area contributed by atoms with Gasteiger partial charge in [0.1, 0.15) is 16.2 Å². The molecule has 3 rings (SSSR count). The second-order valence-corrected chi connectivity index (χ2v) is 8.25. The van der Waals surface area contributed by atoms with Gasteiger partial charge in [0, 0.05) is 16.8 Å². The highest BCUT2D eigenvalue weighted by Gasteiger charge is 2.23. The number of nitrogens with zero attached hydrogens (tertiary/aromatic N) is 2. The Kier molecular flexibility index (Phi) is 5.54. The van der Waals surface area contributed by atoms with E-state index < -0.39 is 0 Å². The van der Waals surface area contributed by atoms with Crippen LogP contribution in [0.1, 0.15) is 43.6 Å². The summed E-state index contributed by atoms with van der Waals surface area (Å²) < 4.78 is 0. The Bertz CT molecular complexity index is 698. The first-order valence-corrected chi connectivity index (χ1v) is 10.1. The van der Waals surface area contributed by atoms with Crippen LogP contribution in [0.25, 0.3) is 10.2 Å². The molecule has 4 nitrogen and oxygen atoms in total. The number of nitrogens with one attached hydrogen (secondary N) is 1. The Morgan fingerprint density at radius 3 is 3.17 bits per heavy atom. The van der Waals surface area contributed by atoms with Crippen molar-refractivity contribution in [3.63, 3.8) is 0 Å². The van der Waals surface area contributed by atoms with Gasteiger partial charge in [-0.25, -0.2) is 9.97 Å². The summed E-state index contributed by atoms with van der Waals surface area (Å²) in [5.41, 5.74) is 1.43. The van der Waals surface area contributed by atoms with Crippen molar-refractivity contribution in [2.45, 2.75) is 51.0 Å². The molecule has 6 heteroatoms. The molecule has 0 aliphatic heterocycles. The summed E-state index contributed by atoms with van der Waals surface area (Å²) in [6.45, 7) is 5.20. The molecule has 2 aromatic heterocycles. The predicted octanol–water partition coefficient (Wildman–Crippen LogP) is 3.82. The molecule has 1 aliphatic rings. The van der Waals surface area contributed by atoms with Gasteiger partial charge in [-0.3, -0.25) is 4.79 Å². The maximum Gasteiger partial charge on any atom is 0.230 e. The topological polar surface area (TPSA) is 54.9 Å². The summed E-state index contributed by atoms with van der Waals surface area (Å²) in [6, 6.07) is 0. The molecule has 0 radical (unpaired) electrons. The van der Waals surface area contributed by atoms with Gasteiger partial charge < -0.3 is 5.32 Å². The van der Waals surface area contributed by atoms with E-state index in [1.807, 2.05) is 0 Å². The molecule has 23 heavy (non-hydrogen) atoms. The van der Waals surface area contributed by atoms with E-state index in [1.165, 1.54) is 34.0 Å². The van der Waals surface area contributed by atoms with E-state index in [4.69, 9.17) is 0 Å². The summed E-state index contributed by atoms with van der Waals surface area (Å²) in [5, 5.41) is 5.13. The number of fused-ring (bicyclic) bond motifs is 3. The Balaban J connectivity index is 1.75. The van der Waals surface area contributed by atoms with Gasteiger partial charge in [-0.2, -0.15) is 0 Å². The number of aryl methyl sites for hydroxylation is 1. The Morgan fingerprint density at radius 2 is 2.35 bits per heavy atom. The summed E-state index contributed by atoms with van der Waals surface area (Å²) in [6.07, 6.45) is 7.25. The minimum absolute atomic E-state index is 0.0907. The lowest BCUT2D eigenvalue weighted by molar-refractivity contribution is -0.118. The molecule has 0 fully saturated rings. The van der Waals surface area contributed by atoms with Crippen LogP contribution in [0.3, 0.4) is 0 Å². The normalized spacial score (nSPS) is 17.2. The lowest BCUT2D eigenvalue weighted by Gasteiger charge is -2.18. The van der Waals surface area contributed by atoms with Gasteiger partial charge in [0.25, 0.3) is 0 Å². The summed E-state index contributed by atoms with van der Waals surface area (Å²) in [7, 11) is 0. The first-order chi connectivity index (χ1) is 11.2. The molecular weight excluding hydrogens is 326 g/mol. The zero-order chi connectivity index (χ0) is 16.2. The number of amides is 1. The number of carbonyl (C=O) groups excluding carboxylic acids is 1. The first kappa shape index (κ1) is 16.7. The molecule has 1 atom stereocenters. The lowest BCUT2D eigenvalue weighted by atomic mass is 9.89. The summed E-state index contributed by atoms with van der Waals surface area (Å²) >= 11 is 3.34. The van der Waals surface area contributed by atoms with Gasteiger partial charge in [-0.1, -0.05) is 32.0 Å². The van der Waals surface area contributed by atoms with Crippen molar-refractivity contribution in [1.82, 2.24) is 15.3 Å². The average Bonchev–Trinajstić information content (AvgIpc) is 2.91. The van der Waals surface area contributed by atoms with Crippen molar-refractivity contribution in [1.29, 1.82) is 0 Å². The maximum atomic E-state index is 11.9. The van der Waals surface area contributed by atoms with Crippen LogP contribution < -0.4 is 5.32 Å². The van der Waals surface area contributed by atoms with Crippen LogP contribution in [0.2, 0.25) is 0 Å². The van der Waals surface area contributed by atoms with Crippen LogP contribution in [0, 0.1) is 5.92 Å². The van der Waals surface area contributed by atoms with Crippen molar-refractivity contribution in [2.75, 3.05) is 12.3 Å². The summed E-state index contributed by atoms with van der Waals surface area (Å²) in [4.78, 5) is 23.4. The van der Waals surface area contributed by atoms with Crippen LogP contribution in [-0.4, -0.2) is 28.2 Å². The van der Waals surface area contributed by atoms with Crippen LogP contribution in [0.4, 0.5) is 0 Å². The average molecular weight is 350 g/mol. The SMILES string of the molecule is CCCCNC(=O)CSc1ncnc2sc3c(c12)CCC(C)C3. The number of carbonyl (C=O) groups is 1. The molecule has 0 bridgehead atoms. The van der Waals surface area contributed by atoms with Gasteiger partial charge in [0.2, 0.25) is 5.91 Å². The van der Waals surface area contributed by atoms with Gasteiger partial charge in [0.05, 0.1) is 5.75 Å². The largest absolute Gasteiger partial charge is 0.355 e. The second-order valence-electron chi connectivity index (χ2n) is 6.20. The zero-order valence-electron chi connectivity index (χ0n) is 13.7. The van der Waals surface area contributed by atoms with E-state index in [9.17, 15) is 4.79 Å². The maximum absolute atomic E-state index is 11.9. The second kappa shape index (κ2) is 7.62. The van der Waals surface area contributed by atoms with E-state index in [0.29, 0.717) is 5.75 Å². The zero-order valence-corrected chi connectivity index (χ0v) is 15.4. The fourth-order valence-electron chi connectivity index (χ4n) is 2.95. The minimum atomic E-state index is 0.0907. The number of thiophene rings is 1. The molecular formula is C17H23N3OS2. The molecule has 1 aliphatic carbocycles. The quantitative estimate of drug-likeness (QED) is 0.489. The van der Waals surface area contributed by atoms with E-state index >= 15 is 0 Å². The van der Waals surface area contributed by atoms with Gasteiger partial charge in [-0.15, -0.1) is 11.3 Å². The van der Waals surface area contributed by atoms with Crippen molar-refractivity contribution in [2.24, 2.45) is 5.92 Å². The number of thioether (sulfide) groups is 1. The Morgan fingerprint density at radius 1 is 1.48 bits per heavy atom. The highest BCUT2D eigenvalue weighted by molar-refractivity contribution is 8.00. The summed E-state index contributed by atoms with van der Waals surface area (Å²) in [5.74, 6) is 1.27. The standard InChI is InChI=1S/C17H23N3OS2/c1-3-4-7-18-14(21)9-22-16-15-12-6-5-11(2)8-13(12)23-17(15)20-10-19-16/h10-11H,3-9H2,1-2H3,(H,18,21). The fourth-order valence-corrected chi connectivity index (χ4v) is 5.22. The smallest absolute Gasteiger partial charge is 0.230 e. The molecule has 1 amide bonds. The number of unbranched alkanes of at least 4 members (excludes halogenated alkanes) is 1. The van der Waals surface area contributed by atoms with E-state index in [0.717, 1.165) is 48.0 Å². The molecule has 1 N–H and O–H groups in total. The third-order valence-corrected chi connectivity index (χ3v) is 6.40. The van der Waals surface area contributed by atoms with Crippen LogP contribution >= 0.6 is 23.1 Å². The molecule has 0 saturated carbocycles. The minimum Gasteiger partial charge on any atom is -0.355 e. The number of aromatic nitrogens is 2. The van der Waals surface area contributed by atoms with Gasteiger partial charge >= 0.3 is 0 Å². The van der Waals surface area contributed by atoms with Crippen LogP contribution in [0.5, 0.6) is 0 Å². The van der Waals surface area contributed by atoms with E-state index in [-0.39, 0.29) is 5.91 Å². The number of rotatable bonds is 6. The highest BCUT2D eigenvalue weighted by Crippen LogP contribution is 2.40. The Labute approximate surface area is 145 Å². The molecule has 2 heterocycles. The highest BCUT2D eigenvalue weighted by atomic mass is 32.2. The fraction of sp³-hybridized carbons (Fsp3) is 0.588. The number of hydrogen-bond donors (Lipinski definition) is 1. The number of hydrogen-bond acceptors (Lipinski definition) is 5. The molecule has 124 valence electrons. The van der Waals surface area contributed by atoms with Crippen LogP contribution in [0.15, 0.2) is 11.4 Å². The van der Waals surface area contributed by atoms with Gasteiger partial charge in [0.15, 0.2) is 0 Å². The predicted molar refractivity (Wildman–Crippen MR) is 97.2 cm³/mol. The Hall–Kier alpha value is -1.14. The molecule has 1 unspecified atom stereocenters. The molecule has 2 aromatic rings. The monoisotopic (exact) mass is 349 g/mol.